The predicted molar refractivity (Wildman–Crippen MR) is 111 cm³/mol. The maximum atomic E-state index is 11.9. The van der Waals surface area contributed by atoms with Crippen LogP contribution in [0.4, 0.5) is 0 Å². The van der Waals surface area contributed by atoms with Gasteiger partial charge in [-0.2, -0.15) is 0 Å². The fraction of sp³-hybridized carbons (Fsp3) is 0.833. The Morgan fingerprint density at radius 2 is 1.79 bits per heavy atom. The van der Waals surface area contributed by atoms with E-state index < -0.39 is 0 Å². The fourth-order valence-corrected chi connectivity index (χ4v) is 6.57. The van der Waals surface area contributed by atoms with Crippen molar-refractivity contribution in [3.63, 3.8) is 0 Å². The monoisotopic (exact) mass is 406 g/mol. The lowest BCUT2D eigenvalue weighted by atomic mass is 9.46. The molecule has 164 valence electrons. The van der Waals surface area contributed by atoms with Crippen LogP contribution in [0.1, 0.15) is 80.6 Å². The molecule has 29 heavy (non-hydrogen) atoms. The standard InChI is InChI=1S/C24H38O5/c1-15(9-12-27-16(2)25)18(28-17(3)26)13-20-23(6)11-8-10-22(4,5)19(23)14-21-24(20,7)29-21/h9,18-21H,8,10-14H2,1-7H3/b15-9+/t18-,19+,20-,21+,23+,24-/m1/s1. The molecule has 0 unspecified atom stereocenters. The van der Waals surface area contributed by atoms with Crippen LogP contribution in [0, 0.1) is 22.7 Å². The third-order valence-corrected chi connectivity index (χ3v) is 8.15. The molecule has 6 atom stereocenters. The van der Waals surface area contributed by atoms with Gasteiger partial charge in [-0.25, -0.2) is 0 Å². The average Bonchev–Trinajstić information content (AvgIpc) is 3.25. The van der Waals surface area contributed by atoms with Gasteiger partial charge in [0.1, 0.15) is 12.7 Å². The Kier molecular flexibility index (Phi) is 5.94. The van der Waals surface area contributed by atoms with E-state index >= 15 is 0 Å². The molecule has 0 N–H and O–H groups in total. The molecule has 2 saturated carbocycles. The number of hydrogen-bond acceptors (Lipinski definition) is 5. The molecule has 3 rings (SSSR count). The first-order chi connectivity index (χ1) is 13.4. The summed E-state index contributed by atoms with van der Waals surface area (Å²) in [6.07, 6.45) is 7.42. The summed E-state index contributed by atoms with van der Waals surface area (Å²) in [5.41, 5.74) is 1.27. The second kappa shape index (κ2) is 7.72. The van der Waals surface area contributed by atoms with Gasteiger partial charge in [0.15, 0.2) is 0 Å². The molecule has 0 aromatic rings. The Morgan fingerprint density at radius 3 is 2.41 bits per heavy atom. The van der Waals surface area contributed by atoms with E-state index in [2.05, 4.69) is 27.7 Å². The zero-order valence-electron chi connectivity index (χ0n) is 19.2. The van der Waals surface area contributed by atoms with E-state index in [1.807, 2.05) is 13.0 Å². The first-order valence-corrected chi connectivity index (χ1v) is 11.0. The molecule has 0 bridgehead atoms. The van der Waals surface area contributed by atoms with Gasteiger partial charge < -0.3 is 14.2 Å². The van der Waals surface area contributed by atoms with Crippen LogP contribution in [-0.2, 0) is 23.8 Å². The van der Waals surface area contributed by atoms with E-state index in [1.54, 1.807) is 0 Å². The molecular formula is C24H38O5. The highest BCUT2D eigenvalue weighted by atomic mass is 16.6. The Hall–Kier alpha value is -1.36. The molecule has 0 radical (unpaired) electrons. The van der Waals surface area contributed by atoms with Gasteiger partial charge in [0.2, 0.25) is 0 Å². The number of rotatable bonds is 6. The van der Waals surface area contributed by atoms with Crippen LogP contribution in [0.15, 0.2) is 11.6 Å². The number of hydrogen-bond donors (Lipinski definition) is 0. The van der Waals surface area contributed by atoms with Crippen molar-refractivity contribution < 1.29 is 23.8 Å². The van der Waals surface area contributed by atoms with Crippen molar-refractivity contribution in [1.82, 2.24) is 0 Å². The summed E-state index contributed by atoms with van der Waals surface area (Å²) in [5, 5.41) is 0. The second-order valence-corrected chi connectivity index (χ2v) is 10.6. The highest BCUT2D eigenvalue weighted by Gasteiger charge is 2.70. The zero-order chi connectivity index (χ0) is 21.6. The van der Waals surface area contributed by atoms with Crippen molar-refractivity contribution in [3.05, 3.63) is 11.6 Å². The summed E-state index contributed by atoms with van der Waals surface area (Å²) in [6.45, 7) is 14.5. The average molecular weight is 407 g/mol. The van der Waals surface area contributed by atoms with Gasteiger partial charge in [0.05, 0.1) is 11.7 Å². The van der Waals surface area contributed by atoms with Gasteiger partial charge in [-0.1, -0.05) is 27.2 Å². The maximum absolute atomic E-state index is 11.9. The number of epoxide rings is 1. The molecule has 5 nitrogen and oxygen atoms in total. The quantitative estimate of drug-likeness (QED) is 0.359. The topological polar surface area (TPSA) is 65.1 Å². The number of ether oxygens (including phenoxy) is 3. The van der Waals surface area contributed by atoms with E-state index in [-0.39, 0.29) is 35.7 Å². The molecule has 1 saturated heterocycles. The smallest absolute Gasteiger partial charge is 0.303 e. The van der Waals surface area contributed by atoms with Crippen molar-refractivity contribution in [2.45, 2.75) is 98.4 Å². The number of fused-ring (bicyclic) bond motifs is 2. The van der Waals surface area contributed by atoms with E-state index in [9.17, 15) is 9.59 Å². The summed E-state index contributed by atoms with van der Waals surface area (Å²) in [4.78, 5) is 22.9. The van der Waals surface area contributed by atoms with Gasteiger partial charge in [-0.05, 0) is 73.8 Å². The molecular weight excluding hydrogens is 368 g/mol. The molecule has 2 aliphatic carbocycles. The molecule has 0 amide bonds. The van der Waals surface area contributed by atoms with Crippen molar-refractivity contribution in [3.8, 4) is 0 Å². The molecule has 3 fully saturated rings. The van der Waals surface area contributed by atoms with E-state index in [1.165, 1.54) is 33.1 Å². The molecule has 0 aromatic carbocycles. The van der Waals surface area contributed by atoms with Crippen molar-refractivity contribution >= 4 is 11.9 Å². The van der Waals surface area contributed by atoms with Gasteiger partial charge in [0, 0.05) is 13.8 Å². The van der Waals surface area contributed by atoms with Crippen molar-refractivity contribution in [2.24, 2.45) is 22.7 Å². The zero-order valence-corrected chi connectivity index (χ0v) is 19.2. The lowest BCUT2D eigenvalue weighted by Crippen LogP contribution is -2.55. The highest BCUT2D eigenvalue weighted by Crippen LogP contribution is 2.68. The van der Waals surface area contributed by atoms with E-state index in [0.29, 0.717) is 23.4 Å². The Morgan fingerprint density at radius 1 is 1.10 bits per heavy atom. The summed E-state index contributed by atoms with van der Waals surface area (Å²) >= 11 is 0. The van der Waals surface area contributed by atoms with Gasteiger partial charge in [-0.3, -0.25) is 9.59 Å². The van der Waals surface area contributed by atoms with Crippen LogP contribution in [0.3, 0.4) is 0 Å². The Balaban J connectivity index is 1.86. The Labute approximate surface area is 175 Å². The summed E-state index contributed by atoms with van der Waals surface area (Å²) < 4.78 is 17.1. The summed E-state index contributed by atoms with van der Waals surface area (Å²) in [6, 6.07) is 0. The lowest BCUT2D eigenvalue weighted by Gasteiger charge is -2.58. The first-order valence-electron chi connectivity index (χ1n) is 11.0. The molecule has 1 heterocycles. The second-order valence-electron chi connectivity index (χ2n) is 10.6. The van der Waals surface area contributed by atoms with Crippen LogP contribution in [0.5, 0.6) is 0 Å². The summed E-state index contributed by atoms with van der Waals surface area (Å²) in [5.74, 6) is 0.333. The summed E-state index contributed by atoms with van der Waals surface area (Å²) in [7, 11) is 0. The van der Waals surface area contributed by atoms with Crippen LogP contribution in [0.2, 0.25) is 0 Å². The third-order valence-electron chi connectivity index (χ3n) is 8.15. The lowest BCUT2D eigenvalue weighted by molar-refractivity contribution is -0.148. The molecule has 5 heteroatoms. The minimum atomic E-state index is -0.324. The van der Waals surface area contributed by atoms with Gasteiger partial charge in [0.25, 0.3) is 0 Å². The minimum absolute atomic E-state index is 0.132. The largest absolute Gasteiger partial charge is 0.462 e. The fourth-order valence-electron chi connectivity index (χ4n) is 6.57. The van der Waals surface area contributed by atoms with Crippen molar-refractivity contribution in [1.29, 1.82) is 0 Å². The molecule has 1 aliphatic heterocycles. The maximum Gasteiger partial charge on any atom is 0.303 e. The van der Waals surface area contributed by atoms with Gasteiger partial charge in [-0.15, -0.1) is 0 Å². The minimum Gasteiger partial charge on any atom is -0.462 e. The normalized spacial score (nSPS) is 39.0. The SMILES string of the molecule is CC(=O)OC/C=C(\C)[C@@H](C[C@@H]1[C@@]2(C)CCCC(C)(C)[C@@H]2C[C@@H]2O[C@@]21C)OC(C)=O. The van der Waals surface area contributed by atoms with Crippen LogP contribution < -0.4 is 0 Å². The number of esters is 2. The van der Waals surface area contributed by atoms with Crippen LogP contribution >= 0.6 is 0 Å². The molecule has 0 aromatic heterocycles. The van der Waals surface area contributed by atoms with Gasteiger partial charge >= 0.3 is 11.9 Å². The predicted octanol–water partition coefficient (Wildman–Crippen LogP) is 4.83. The van der Waals surface area contributed by atoms with Crippen molar-refractivity contribution in [2.75, 3.05) is 6.61 Å². The molecule has 3 aliphatic rings. The number of carbonyl (C=O) groups is 2. The van der Waals surface area contributed by atoms with Crippen LogP contribution in [-0.4, -0.2) is 36.4 Å². The Bertz CT molecular complexity index is 695. The molecule has 0 spiro atoms. The van der Waals surface area contributed by atoms with E-state index in [0.717, 1.165) is 18.4 Å². The highest BCUT2D eigenvalue weighted by molar-refractivity contribution is 5.66. The van der Waals surface area contributed by atoms with Crippen LogP contribution in [0.25, 0.3) is 0 Å². The number of carbonyl (C=O) groups excluding carboxylic acids is 2. The third kappa shape index (κ3) is 4.26. The first kappa shape index (κ1) is 22.3. The van der Waals surface area contributed by atoms with E-state index in [4.69, 9.17) is 14.2 Å².